The van der Waals surface area contributed by atoms with Crippen LogP contribution in [0.3, 0.4) is 0 Å². The zero-order valence-electron chi connectivity index (χ0n) is 25.0. The van der Waals surface area contributed by atoms with E-state index in [1.54, 1.807) is 36.4 Å². The van der Waals surface area contributed by atoms with Crippen molar-refractivity contribution in [1.29, 1.82) is 21.0 Å². The Labute approximate surface area is 279 Å². The maximum absolute atomic E-state index is 13.5. The third kappa shape index (κ3) is 4.95. The fourth-order valence-electron chi connectivity index (χ4n) is 6.22. The van der Waals surface area contributed by atoms with Crippen LogP contribution in [0.4, 0.5) is 26.3 Å². The highest BCUT2D eigenvalue weighted by molar-refractivity contribution is 6.07. The molecule has 0 N–H and O–H groups in total. The van der Waals surface area contributed by atoms with E-state index >= 15 is 0 Å². The molecule has 0 unspecified atom stereocenters. The lowest BCUT2D eigenvalue weighted by Crippen LogP contribution is -2.04. The van der Waals surface area contributed by atoms with Crippen LogP contribution in [0.15, 0.2) is 96.1 Å². The molecule has 0 saturated carbocycles. The first-order valence-corrected chi connectivity index (χ1v) is 14.5. The molecule has 7 rings (SSSR count). The molecular weight excluding hydrogens is 654 g/mol. The normalized spacial score (nSPS) is 12.4. The summed E-state index contributed by atoms with van der Waals surface area (Å²) in [5.41, 5.74) is 1.14. The molecule has 0 atom stereocenters. The van der Waals surface area contributed by atoms with Gasteiger partial charge in [-0.25, -0.2) is 9.97 Å². The smallest absolute Gasteiger partial charge is 0.243 e. The number of nitriles is 4. The van der Waals surface area contributed by atoms with Gasteiger partial charge in [-0.3, -0.25) is 0 Å². The van der Waals surface area contributed by atoms with Gasteiger partial charge in [-0.1, -0.05) is 48.5 Å². The Morgan fingerprint density at radius 1 is 0.440 bits per heavy atom. The van der Waals surface area contributed by atoms with E-state index in [-0.39, 0.29) is 56.2 Å². The van der Waals surface area contributed by atoms with Crippen molar-refractivity contribution in [3.05, 3.63) is 130 Å². The zero-order chi connectivity index (χ0) is 35.5. The summed E-state index contributed by atoms with van der Waals surface area (Å²) in [7, 11) is 0. The van der Waals surface area contributed by atoms with E-state index in [4.69, 9.17) is 9.97 Å². The molecule has 0 bridgehead atoms. The van der Waals surface area contributed by atoms with Gasteiger partial charge in [-0.05, 0) is 69.8 Å². The van der Waals surface area contributed by atoms with Gasteiger partial charge < -0.3 is 0 Å². The van der Waals surface area contributed by atoms with Crippen LogP contribution in [0.1, 0.15) is 33.6 Å². The monoisotopic (exact) mass is 668 g/mol. The van der Waals surface area contributed by atoms with Crippen LogP contribution in [0, 0.1) is 45.3 Å². The summed E-state index contributed by atoms with van der Waals surface area (Å²) in [6.07, 6.45) is -9.17. The number of halogens is 6. The van der Waals surface area contributed by atoms with Gasteiger partial charge in [0.25, 0.3) is 0 Å². The number of benzene rings is 4. The minimum absolute atomic E-state index is 0.101. The van der Waals surface area contributed by atoms with Crippen molar-refractivity contribution in [1.82, 2.24) is 9.97 Å². The molecule has 1 heterocycles. The highest BCUT2D eigenvalue weighted by Crippen LogP contribution is 2.51. The van der Waals surface area contributed by atoms with Crippen LogP contribution in [0.5, 0.6) is 0 Å². The largest absolute Gasteiger partial charge is 0.416 e. The lowest BCUT2D eigenvalue weighted by Gasteiger charge is -2.11. The number of alkyl halides is 6. The number of aromatic nitrogens is 2. The summed E-state index contributed by atoms with van der Waals surface area (Å²) in [4.78, 5) is 9.63. The molecule has 0 aliphatic heterocycles. The van der Waals surface area contributed by atoms with Crippen LogP contribution < -0.4 is 0 Å². The van der Waals surface area contributed by atoms with Crippen LogP contribution in [0.2, 0.25) is 0 Å². The first kappa shape index (κ1) is 31.6. The quantitative estimate of drug-likeness (QED) is 0.134. The Morgan fingerprint density at radius 3 is 1.14 bits per heavy atom. The second kappa shape index (κ2) is 11.3. The van der Waals surface area contributed by atoms with E-state index in [1.165, 1.54) is 24.3 Å². The van der Waals surface area contributed by atoms with E-state index < -0.39 is 23.5 Å². The number of allylic oxidation sites excluding steroid dienone is 2. The standard InChI is InChI=1S/C38H14F6N6/c39-37(40,41)25-5-1-3-19(11-25)21-7-9-27-29(13-21)31(23(15-45)16-46)35-33(27)49-36-32(24(17-47)18-48)30-14-22(8-10-28(30)34(36)50-35)20-4-2-6-26(12-20)38(42,43)44/h1-14H. The van der Waals surface area contributed by atoms with E-state index in [1.807, 2.05) is 24.3 Å². The topological polar surface area (TPSA) is 121 Å². The number of hydrogen-bond donors (Lipinski definition) is 0. The molecule has 6 nitrogen and oxygen atoms in total. The van der Waals surface area contributed by atoms with Gasteiger partial charge in [0.1, 0.15) is 46.8 Å². The van der Waals surface area contributed by atoms with Gasteiger partial charge in [0, 0.05) is 22.3 Å². The third-order valence-electron chi connectivity index (χ3n) is 8.45. The van der Waals surface area contributed by atoms with Crippen LogP contribution in [-0.4, -0.2) is 9.97 Å². The fourth-order valence-corrected chi connectivity index (χ4v) is 6.22. The lowest BCUT2D eigenvalue weighted by atomic mass is 9.95. The number of fused-ring (bicyclic) bond motifs is 6. The Morgan fingerprint density at radius 2 is 0.800 bits per heavy atom. The molecule has 5 aromatic rings. The minimum atomic E-state index is -4.59. The van der Waals surface area contributed by atoms with Gasteiger partial charge in [-0.2, -0.15) is 47.4 Å². The average Bonchev–Trinajstić information content (AvgIpc) is 3.59. The summed E-state index contributed by atoms with van der Waals surface area (Å²) in [6.45, 7) is 0. The number of nitrogens with zero attached hydrogens (tertiary/aromatic N) is 6. The Kier molecular flexibility index (Phi) is 7.14. The van der Waals surface area contributed by atoms with E-state index in [9.17, 15) is 47.4 Å². The molecule has 12 heteroatoms. The molecular formula is C38H14F6N6. The van der Waals surface area contributed by atoms with Gasteiger partial charge in [0.05, 0.1) is 22.5 Å². The molecule has 238 valence electrons. The van der Waals surface area contributed by atoms with Crippen molar-refractivity contribution in [2.75, 3.05) is 0 Å². The minimum Gasteiger partial charge on any atom is -0.243 e. The fraction of sp³-hybridized carbons (Fsp3) is 0.0526. The van der Waals surface area contributed by atoms with Crippen molar-refractivity contribution < 1.29 is 26.3 Å². The highest BCUT2D eigenvalue weighted by atomic mass is 19.4. The van der Waals surface area contributed by atoms with E-state index in [2.05, 4.69) is 0 Å². The summed E-state index contributed by atoms with van der Waals surface area (Å²) in [5, 5.41) is 39.7. The van der Waals surface area contributed by atoms with E-state index in [0.29, 0.717) is 33.4 Å². The Hall–Kier alpha value is -7.02. The maximum atomic E-state index is 13.5. The van der Waals surface area contributed by atoms with Crippen molar-refractivity contribution in [2.24, 2.45) is 0 Å². The molecule has 2 aliphatic rings. The molecule has 0 spiro atoms. The van der Waals surface area contributed by atoms with Gasteiger partial charge in [-0.15, -0.1) is 0 Å². The second-order valence-electron chi connectivity index (χ2n) is 11.2. The first-order valence-electron chi connectivity index (χ1n) is 14.5. The van der Waals surface area contributed by atoms with Gasteiger partial charge >= 0.3 is 12.4 Å². The van der Waals surface area contributed by atoms with Gasteiger partial charge in [0.15, 0.2) is 0 Å². The summed E-state index contributed by atoms with van der Waals surface area (Å²) >= 11 is 0. The summed E-state index contributed by atoms with van der Waals surface area (Å²) < 4.78 is 80.9. The van der Waals surface area contributed by atoms with Crippen LogP contribution in [0.25, 0.3) is 55.9 Å². The van der Waals surface area contributed by atoms with Crippen LogP contribution >= 0.6 is 0 Å². The zero-order valence-corrected chi connectivity index (χ0v) is 25.0. The molecule has 50 heavy (non-hydrogen) atoms. The summed E-state index contributed by atoms with van der Waals surface area (Å²) in [6, 6.07) is 26.2. The SMILES string of the molecule is N#CC(C#N)=C1c2cc(-c3cccc(C(F)(F)F)c3)ccc2-c2nc3c(nc21)-c1ccc(-c2cccc(C(F)(F)F)c2)cc1C3=C(C#N)C#N. The van der Waals surface area contributed by atoms with Gasteiger partial charge in [0.2, 0.25) is 0 Å². The molecule has 0 fully saturated rings. The molecule has 0 amide bonds. The lowest BCUT2D eigenvalue weighted by molar-refractivity contribution is -0.138. The predicted molar refractivity (Wildman–Crippen MR) is 168 cm³/mol. The average molecular weight is 669 g/mol. The van der Waals surface area contributed by atoms with Crippen LogP contribution in [-0.2, 0) is 12.4 Å². The third-order valence-corrected chi connectivity index (χ3v) is 8.45. The second-order valence-corrected chi connectivity index (χ2v) is 11.2. The van der Waals surface area contributed by atoms with Crippen molar-refractivity contribution in [2.45, 2.75) is 12.4 Å². The molecule has 0 radical (unpaired) electrons. The molecule has 4 aromatic carbocycles. The highest BCUT2D eigenvalue weighted by Gasteiger charge is 2.37. The van der Waals surface area contributed by atoms with Crippen molar-refractivity contribution >= 4 is 11.1 Å². The maximum Gasteiger partial charge on any atom is 0.416 e. The number of hydrogen-bond acceptors (Lipinski definition) is 6. The van der Waals surface area contributed by atoms with Crippen molar-refractivity contribution in [3.63, 3.8) is 0 Å². The summed E-state index contributed by atoms with van der Waals surface area (Å²) in [5.74, 6) is 0. The Balaban J connectivity index is 1.44. The molecule has 0 saturated heterocycles. The van der Waals surface area contributed by atoms with Crippen molar-refractivity contribution in [3.8, 4) is 69.0 Å². The number of rotatable bonds is 2. The first-order chi connectivity index (χ1) is 23.9. The molecule has 2 aliphatic carbocycles. The Bertz CT molecular complexity index is 2360. The van der Waals surface area contributed by atoms with E-state index in [0.717, 1.165) is 24.3 Å². The molecule has 1 aromatic heterocycles. The predicted octanol–water partition coefficient (Wildman–Crippen LogP) is 9.51.